The van der Waals surface area contributed by atoms with Crippen LogP contribution in [0.2, 0.25) is 5.02 Å². The lowest BCUT2D eigenvalue weighted by Gasteiger charge is -2.08. The van der Waals surface area contributed by atoms with Crippen LogP contribution in [0, 0.1) is 0 Å². The predicted octanol–water partition coefficient (Wildman–Crippen LogP) is 4.08. The zero-order valence-corrected chi connectivity index (χ0v) is 11.3. The third-order valence-corrected chi connectivity index (χ3v) is 4.58. The largest absolute Gasteiger partial charge is 0.218 e. The Hall–Kier alpha value is -1.65. The highest BCUT2D eigenvalue weighted by Gasteiger charge is 2.22. The number of halogens is 2. The lowest BCUT2D eigenvalue weighted by molar-refractivity contribution is 0.605. The van der Waals surface area contributed by atoms with E-state index in [-0.39, 0.29) is 16.8 Å². The maximum atomic E-state index is 13.1. The van der Waals surface area contributed by atoms with Crippen LogP contribution in [0.25, 0.3) is 4.91 Å². The topological polar surface area (TPSA) is 34.1 Å². The molecule has 0 atom stereocenters. The van der Waals surface area contributed by atoms with Crippen molar-refractivity contribution in [3.63, 3.8) is 0 Å². The molecule has 2 nitrogen and oxygen atoms in total. The van der Waals surface area contributed by atoms with Crippen LogP contribution >= 0.6 is 11.6 Å². The number of hydrogen-bond donors (Lipinski definition) is 0. The molecule has 2 rings (SSSR count). The van der Waals surface area contributed by atoms with E-state index in [4.69, 9.17) is 11.6 Å². The zero-order valence-electron chi connectivity index (χ0n) is 9.75. The number of sulfone groups is 1. The first-order chi connectivity index (χ1) is 9.05. The summed E-state index contributed by atoms with van der Waals surface area (Å²) in [6, 6.07) is 13.8. The first kappa shape index (κ1) is 13.8. The van der Waals surface area contributed by atoms with Crippen LogP contribution in [-0.2, 0) is 9.84 Å². The van der Waals surface area contributed by atoms with Crippen LogP contribution in [-0.4, -0.2) is 8.42 Å². The lowest BCUT2D eigenvalue weighted by Crippen LogP contribution is -2.03. The van der Waals surface area contributed by atoms with Crippen LogP contribution in [0.15, 0.2) is 65.8 Å². The molecule has 2 aromatic rings. The molecule has 0 aliphatic rings. The highest BCUT2D eigenvalue weighted by Crippen LogP contribution is 2.29. The van der Waals surface area contributed by atoms with Gasteiger partial charge in [0, 0.05) is 5.02 Å². The molecule has 5 heteroatoms. The quantitative estimate of drug-likeness (QED) is 0.855. The second-order valence-electron chi connectivity index (χ2n) is 3.80. The average molecular weight is 297 g/mol. The molecule has 0 saturated carbocycles. The first-order valence-corrected chi connectivity index (χ1v) is 7.28. The van der Waals surface area contributed by atoms with Crippen molar-refractivity contribution in [3.05, 3.63) is 71.5 Å². The van der Waals surface area contributed by atoms with Crippen LogP contribution in [0.4, 0.5) is 4.39 Å². The van der Waals surface area contributed by atoms with Crippen molar-refractivity contribution in [3.8, 4) is 0 Å². The Kier molecular flexibility index (Phi) is 4.02. The standard InChI is InChI=1S/C14H10ClFO2S/c15-12-6-4-5-11(9-12)14(10-16)19(17,18)13-7-2-1-3-8-13/h1-10H/b14-10+. The summed E-state index contributed by atoms with van der Waals surface area (Å²) in [5.74, 6) is 0. The van der Waals surface area contributed by atoms with Crippen molar-refractivity contribution in [2.45, 2.75) is 4.90 Å². The smallest absolute Gasteiger partial charge is 0.209 e. The highest BCUT2D eigenvalue weighted by molar-refractivity contribution is 8.00. The molecular weight excluding hydrogens is 287 g/mol. The molecule has 0 unspecified atom stereocenters. The molecule has 19 heavy (non-hydrogen) atoms. The third-order valence-electron chi connectivity index (χ3n) is 2.55. The molecular formula is C14H10ClFO2S. The van der Waals surface area contributed by atoms with Crippen LogP contribution in [0.5, 0.6) is 0 Å². The van der Waals surface area contributed by atoms with E-state index in [2.05, 4.69) is 0 Å². The molecule has 0 aliphatic heterocycles. The fraction of sp³-hybridized carbons (Fsp3) is 0. The third kappa shape index (κ3) is 2.85. The van der Waals surface area contributed by atoms with Crippen molar-refractivity contribution in [1.82, 2.24) is 0 Å². The van der Waals surface area contributed by atoms with Crippen LogP contribution in [0.3, 0.4) is 0 Å². The maximum Gasteiger partial charge on any atom is 0.209 e. The molecule has 0 amide bonds. The maximum absolute atomic E-state index is 13.1. The van der Waals surface area contributed by atoms with Crippen molar-refractivity contribution >= 4 is 26.3 Å². The van der Waals surface area contributed by atoms with Gasteiger partial charge in [0.15, 0.2) is 0 Å². The van der Waals surface area contributed by atoms with E-state index < -0.39 is 14.7 Å². The molecule has 0 aromatic heterocycles. The second-order valence-corrected chi connectivity index (χ2v) is 6.15. The summed E-state index contributed by atoms with van der Waals surface area (Å²) in [7, 11) is -3.89. The fourth-order valence-electron chi connectivity index (χ4n) is 1.65. The molecule has 2 aromatic carbocycles. The van der Waals surface area contributed by atoms with Crippen molar-refractivity contribution in [1.29, 1.82) is 0 Å². The van der Waals surface area contributed by atoms with Gasteiger partial charge in [-0.3, -0.25) is 0 Å². The first-order valence-electron chi connectivity index (χ1n) is 5.42. The number of benzene rings is 2. The Labute approximate surface area is 116 Å². The zero-order chi connectivity index (χ0) is 13.9. The van der Waals surface area contributed by atoms with Crippen molar-refractivity contribution in [2.75, 3.05) is 0 Å². The van der Waals surface area contributed by atoms with Gasteiger partial charge in [-0.2, -0.15) is 0 Å². The van der Waals surface area contributed by atoms with Gasteiger partial charge in [-0.05, 0) is 29.8 Å². The Morgan fingerprint density at radius 2 is 1.74 bits per heavy atom. The summed E-state index contributed by atoms with van der Waals surface area (Å²) in [5, 5.41) is 0.347. The summed E-state index contributed by atoms with van der Waals surface area (Å²) in [6.45, 7) is 0. The lowest BCUT2D eigenvalue weighted by atomic mass is 10.2. The van der Waals surface area contributed by atoms with E-state index in [1.54, 1.807) is 30.3 Å². The Morgan fingerprint density at radius 1 is 1.05 bits per heavy atom. The summed E-state index contributed by atoms with van der Waals surface area (Å²) in [4.78, 5) is -0.361. The Balaban J connectivity index is 2.56. The van der Waals surface area contributed by atoms with Crippen molar-refractivity contribution < 1.29 is 12.8 Å². The summed E-state index contributed by atoms with van der Waals surface area (Å²) in [5.41, 5.74) is 0.221. The molecule has 0 radical (unpaired) electrons. The van der Waals surface area contributed by atoms with Gasteiger partial charge in [0.05, 0.1) is 4.90 Å². The SMILES string of the molecule is O=S(=O)(/C(=C/F)c1cccc(Cl)c1)c1ccccc1. The van der Waals surface area contributed by atoms with Gasteiger partial charge < -0.3 is 0 Å². The van der Waals surface area contributed by atoms with E-state index in [1.807, 2.05) is 0 Å². The normalized spacial score (nSPS) is 12.4. The minimum atomic E-state index is -3.89. The number of hydrogen-bond acceptors (Lipinski definition) is 2. The minimum absolute atomic E-state index is 0.0406. The van der Waals surface area contributed by atoms with E-state index in [0.29, 0.717) is 5.02 Å². The summed E-state index contributed by atoms with van der Waals surface area (Å²) >= 11 is 5.80. The van der Waals surface area contributed by atoms with Gasteiger partial charge >= 0.3 is 0 Å². The van der Waals surface area contributed by atoms with Gasteiger partial charge in [0.1, 0.15) is 11.2 Å². The predicted molar refractivity (Wildman–Crippen MR) is 74.2 cm³/mol. The van der Waals surface area contributed by atoms with E-state index in [9.17, 15) is 12.8 Å². The monoisotopic (exact) mass is 296 g/mol. The molecule has 0 aliphatic carbocycles. The van der Waals surface area contributed by atoms with Crippen LogP contribution < -0.4 is 0 Å². The molecule has 0 saturated heterocycles. The van der Waals surface area contributed by atoms with Gasteiger partial charge in [-0.1, -0.05) is 41.9 Å². The Bertz CT molecular complexity index is 709. The average Bonchev–Trinajstić information content (AvgIpc) is 2.40. The van der Waals surface area contributed by atoms with Crippen molar-refractivity contribution in [2.24, 2.45) is 0 Å². The molecule has 0 heterocycles. The molecule has 0 fully saturated rings. The van der Waals surface area contributed by atoms with Gasteiger partial charge in [-0.15, -0.1) is 0 Å². The van der Waals surface area contributed by atoms with Crippen LogP contribution in [0.1, 0.15) is 5.56 Å². The summed E-state index contributed by atoms with van der Waals surface area (Å²) in [6.07, 6.45) is 0.0913. The van der Waals surface area contributed by atoms with Gasteiger partial charge in [0.2, 0.25) is 9.84 Å². The van der Waals surface area contributed by atoms with E-state index in [1.165, 1.54) is 24.3 Å². The van der Waals surface area contributed by atoms with Gasteiger partial charge in [0.25, 0.3) is 0 Å². The van der Waals surface area contributed by atoms with Gasteiger partial charge in [-0.25, -0.2) is 12.8 Å². The molecule has 0 spiro atoms. The second kappa shape index (κ2) is 5.55. The number of rotatable bonds is 3. The van der Waals surface area contributed by atoms with E-state index >= 15 is 0 Å². The van der Waals surface area contributed by atoms with E-state index in [0.717, 1.165) is 0 Å². The Morgan fingerprint density at radius 3 is 2.32 bits per heavy atom. The molecule has 98 valence electrons. The highest BCUT2D eigenvalue weighted by atomic mass is 35.5. The molecule has 0 N–H and O–H groups in total. The minimum Gasteiger partial charge on any atom is -0.218 e. The molecule has 0 bridgehead atoms. The fourth-order valence-corrected chi connectivity index (χ4v) is 3.16. The summed E-state index contributed by atoms with van der Waals surface area (Å²) < 4.78 is 37.7.